The van der Waals surface area contributed by atoms with Gasteiger partial charge in [0.25, 0.3) is 0 Å². The fraction of sp³-hybridized carbons (Fsp3) is 0.889. The molecule has 3 N–H and O–H groups in total. The number of rotatable bonds is 5. The average molecular weight is 173 g/mol. The fourth-order valence-corrected chi connectivity index (χ4v) is 1.20. The van der Waals surface area contributed by atoms with E-state index in [2.05, 4.69) is 13.8 Å². The van der Waals surface area contributed by atoms with Crippen LogP contribution in [0, 0.1) is 11.8 Å². The van der Waals surface area contributed by atoms with Crippen LogP contribution in [0.15, 0.2) is 0 Å². The van der Waals surface area contributed by atoms with E-state index in [4.69, 9.17) is 10.8 Å². The Hall–Kier alpha value is -0.570. The maximum Gasteiger partial charge on any atom is 0.303 e. The Morgan fingerprint density at radius 1 is 1.42 bits per heavy atom. The van der Waals surface area contributed by atoms with Crippen molar-refractivity contribution in [3.05, 3.63) is 0 Å². The van der Waals surface area contributed by atoms with Crippen molar-refractivity contribution < 1.29 is 9.90 Å². The quantitative estimate of drug-likeness (QED) is 0.661. The first-order chi connectivity index (χ1) is 5.43. The molecule has 2 unspecified atom stereocenters. The van der Waals surface area contributed by atoms with Crippen molar-refractivity contribution in [2.24, 2.45) is 17.6 Å². The number of aliphatic carboxylic acids is 1. The van der Waals surface area contributed by atoms with Crippen LogP contribution in [0.3, 0.4) is 0 Å². The van der Waals surface area contributed by atoms with Crippen LogP contribution < -0.4 is 5.73 Å². The van der Waals surface area contributed by atoms with Gasteiger partial charge >= 0.3 is 5.97 Å². The molecule has 0 aromatic carbocycles. The maximum atomic E-state index is 10.3. The first-order valence-corrected chi connectivity index (χ1v) is 4.40. The van der Waals surface area contributed by atoms with Crippen molar-refractivity contribution in [3.63, 3.8) is 0 Å². The van der Waals surface area contributed by atoms with E-state index in [0.29, 0.717) is 5.92 Å². The van der Waals surface area contributed by atoms with Gasteiger partial charge in [-0.1, -0.05) is 20.8 Å². The number of carboxylic acid groups (broad SMARTS) is 1. The Morgan fingerprint density at radius 3 is 2.25 bits per heavy atom. The highest BCUT2D eigenvalue weighted by atomic mass is 16.4. The van der Waals surface area contributed by atoms with E-state index in [1.165, 1.54) is 0 Å². The summed E-state index contributed by atoms with van der Waals surface area (Å²) < 4.78 is 0. The Balaban J connectivity index is 3.76. The third-order valence-electron chi connectivity index (χ3n) is 1.97. The molecule has 0 heterocycles. The van der Waals surface area contributed by atoms with Gasteiger partial charge in [-0.2, -0.15) is 0 Å². The van der Waals surface area contributed by atoms with Crippen LogP contribution in [0.5, 0.6) is 0 Å². The summed E-state index contributed by atoms with van der Waals surface area (Å²) in [5.41, 5.74) is 5.80. The van der Waals surface area contributed by atoms with Crippen molar-refractivity contribution in [2.75, 3.05) is 0 Å². The standard InChI is InChI=1S/C9H19NO2/c1-6(2)4-8(10)7(3)5-9(11)12/h6-8H,4-5,10H2,1-3H3,(H,11,12). The number of hydrogen-bond donors (Lipinski definition) is 2. The van der Waals surface area contributed by atoms with Crippen LogP contribution in [-0.2, 0) is 4.79 Å². The zero-order valence-electron chi connectivity index (χ0n) is 8.08. The van der Waals surface area contributed by atoms with Gasteiger partial charge in [-0.05, 0) is 18.3 Å². The van der Waals surface area contributed by atoms with Crippen molar-refractivity contribution in [1.29, 1.82) is 0 Å². The number of carboxylic acids is 1. The molecule has 0 fully saturated rings. The minimum atomic E-state index is -0.762. The molecule has 0 aromatic rings. The second kappa shape index (κ2) is 5.14. The highest BCUT2D eigenvalue weighted by molar-refractivity contribution is 5.67. The van der Waals surface area contributed by atoms with Crippen LogP contribution in [0.2, 0.25) is 0 Å². The van der Waals surface area contributed by atoms with Gasteiger partial charge in [0.2, 0.25) is 0 Å². The number of hydrogen-bond acceptors (Lipinski definition) is 2. The molecule has 0 saturated heterocycles. The molecule has 12 heavy (non-hydrogen) atoms. The molecule has 3 heteroatoms. The van der Waals surface area contributed by atoms with Gasteiger partial charge in [0, 0.05) is 12.5 Å². The van der Waals surface area contributed by atoms with E-state index in [1.807, 2.05) is 6.92 Å². The third-order valence-corrected chi connectivity index (χ3v) is 1.97. The molecular weight excluding hydrogens is 154 g/mol. The van der Waals surface area contributed by atoms with E-state index in [0.717, 1.165) is 6.42 Å². The summed E-state index contributed by atoms with van der Waals surface area (Å²) in [6.45, 7) is 6.07. The molecule has 0 bridgehead atoms. The lowest BCUT2D eigenvalue weighted by molar-refractivity contribution is -0.138. The van der Waals surface area contributed by atoms with E-state index in [1.54, 1.807) is 0 Å². The summed E-state index contributed by atoms with van der Waals surface area (Å²) >= 11 is 0. The van der Waals surface area contributed by atoms with Gasteiger partial charge in [-0.3, -0.25) is 4.79 Å². The van der Waals surface area contributed by atoms with E-state index >= 15 is 0 Å². The van der Waals surface area contributed by atoms with Gasteiger partial charge in [0.05, 0.1) is 0 Å². The topological polar surface area (TPSA) is 63.3 Å². The Kier molecular flexibility index (Phi) is 4.90. The minimum Gasteiger partial charge on any atom is -0.481 e. The lowest BCUT2D eigenvalue weighted by Gasteiger charge is -2.19. The van der Waals surface area contributed by atoms with Gasteiger partial charge in [-0.15, -0.1) is 0 Å². The molecule has 0 amide bonds. The van der Waals surface area contributed by atoms with Crippen LogP contribution in [0.1, 0.15) is 33.6 Å². The van der Waals surface area contributed by atoms with Crippen molar-refractivity contribution in [3.8, 4) is 0 Å². The summed E-state index contributed by atoms with van der Waals surface area (Å²) in [5.74, 6) is -0.150. The normalized spacial score (nSPS) is 16.1. The van der Waals surface area contributed by atoms with Gasteiger partial charge in [0.15, 0.2) is 0 Å². The Morgan fingerprint density at radius 2 is 1.92 bits per heavy atom. The zero-order valence-corrected chi connectivity index (χ0v) is 8.08. The molecule has 0 spiro atoms. The summed E-state index contributed by atoms with van der Waals surface area (Å²) in [7, 11) is 0. The largest absolute Gasteiger partial charge is 0.481 e. The molecule has 0 aliphatic rings. The van der Waals surface area contributed by atoms with Crippen molar-refractivity contribution in [1.82, 2.24) is 0 Å². The van der Waals surface area contributed by atoms with Gasteiger partial charge < -0.3 is 10.8 Å². The predicted molar refractivity (Wildman–Crippen MR) is 48.8 cm³/mol. The summed E-state index contributed by atoms with van der Waals surface area (Å²) in [4.78, 5) is 10.3. The first-order valence-electron chi connectivity index (χ1n) is 4.40. The summed E-state index contributed by atoms with van der Waals surface area (Å²) in [6.07, 6.45) is 1.07. The van der Waals surface area contributed by atoms with Crippen molar-refractivity contribution in [2.45, 2.75) is 39.7 Å². The minimum absolute atomic E-state index is 0.0149. The monoisotopic (exact) mass is 173 g/mol. The number of carbonyl (C=O) groups is 1. The Bertz CT molecular complexity index is 145. The summed E-state index contributed by atoms with van der Waals surface area (Å²) in [6, 6.07) is 0.0149. The molecule has 72 valence electrons. The van der Waals surface area contributed by atoms with Gasteiger partial charge in [0.1, 0.15) is 0 Å². The second-order valence-corrected chi connectivity index (χ2v) is 3.87. The lowest BCUT2D eigenvalue weighted by atomic mass is 9.92. The van der Waals surface area contributed by atoms with Gasteiger partial charge in [-0.25, -0.2) is 0 Å². The number of nitrogens with two attached hydrogens (primary N) is 1. The fourth-order valence-electron chi connectivity index (χ4n) is 1.20. The van der Waals surface area contributed by atoms with Crippen molar-refractivity contribution >= 4 is 5.97 Å². The SMILES string of the molecule is CC(C)CC(N)C(C)CC(=O)O. The predicted octanol–water partition coefficient (Wildman–Crippen LogP) is 1.47. The van der Waals surface area contributed by atoms with E-state index < -0.39 is 5.97 Å². The molecular formula is C9H19NO2. The van der Waals surface area contributed by atoms with Crippen LogP contribution in [0.4, 0.5) is 0 Å². The molecule has 0 aliphatic carbocycles. The molecule has 2 atom stereocenters. The molecule has 0 aliphatic heterocycles. The highest BCUT2D eigenvalue weighted by Gasteiger charge is 2.16. The molecule has 0 aromatic heterocycles. The first kappa shape index (κ1) is 11.4. The van der Waals surface area contributed by atoms with Crippen LogP contribution in [0.25, 0.3) is 0 Å². The highest BCUT2D eigenvalue weighted by Crippen LogP contribution is 2.13. The zero-order chi connectivity index (χ0) is 9.72. The van der Waals surface area contributed by atoms with Crippen LogP contribution >= 0.6 is 0 Å². The lowest BCUT2D eigenvalue weighted by Crippen LogP contribution is -2.31. The summed E-state index contributed by atoms with van der Waals surface area (Å²) in [5, 5.41) is 8.51. The van der Waals surface area contributed by atoms with E-state index in [9.17, 15) is 4.79 Å². The Labute approximate surface area is 74.0 Å². The molecule has 3 nitrogen and oxygen atoms in total. The molecule has 0 rings (SSSR count). The second-order valence-electron chi connectivity index (χ2n) is 3.87. The molecule has 0 radical (unpaired) electrons. The van der Waals surface area contributed by atoms with Crippen LogP contribution in [-0.4, -0.2) is 17.1 Å². The smallest absolute Gasteiger partial charge is 0.303 e. The third kappa shape index (κ3) is 5.13. The van der Waals surface area contributed by atoms with E-state index in [-0.39, 0.29) is 18.4 Å². The molecule has 0 saturated carbocycles. The average Bonchev–Trinajstić information content (AvgIpc) is 1.84. The maximum absolute atomic E-state index is 10.3.